The predicted octanol–water partition coefficient (Wildman–Crippen LogP) is 9.00. The van der Waals surface area contributed by atoms with Gasteiger partial charge in [-0.15, -0.1) is 0 Å². The first-order valence-corrected chi connectivity index (χ1v) is 11.4. The maximum absolute atomic E-state index is 12.4. The number of oxazole rings is 2. The third kappa shape index (κ3) is 7.94. The van der Waals surface area contributed by atoms with Gasteiger partial charge >= 0.3 is 12.4 Å². The van der Waals surface area contributed by atoms with Crippen LogP contribution in [0, 0.1) is 13.8 Å². The Morgan fingerprint density at radius 1 is 0.684 bits per heavy atom. The van der Waals surface area contributed by atoms with Crippen molar-refractivity contribution in [2.24, 2.45) is 0 Å². The number of hydrogen-bond donors (Lipinski definition) is 1. The highest BCUT2D eigenvalue weighted by atomic mass is 79.9. The molecule has 0 saturated heterocycles. The normalized spacial score (nSPS) is 11.2. The highest BCUT2D eigenvalue weighted by Crippen LogP contribution is 2.32. The van der Waals surface area contributed by atoms with E-state index >= 15 is 0 Å². The number of aromatic nitrogens is 2. The van der Waals surface area contributed by atoms with Crippen LogP contribution < -0.4 is 0 Å². The first kappa shape index (κ1) is 32.9. The molecule has 0 unspecified atom stereocenters. The Bertz CT molecular complexity index is 1190. The zero-order valence-corrected chi connectivity index (χ0v) is 20.4. The summed E-state index contributed by atoms with van der Waals surface area (Å²) < 4.78 is 85.0. The van der Waals surface area contributed by atoms with Crippen LogP contribution in [-0.4, -0.2) is 15.1 Å². The van der Waals surface area contributed by atoms with Crippen LogP contribution in [-0.2, 0) is 24.3 Å². The standard InChI is InChI=1S/C12H9BrF3NO.C12H10F3NO2.2CH4/c1-7-10(6-13)18-11(17-7)8-2-4-9(5-3-8)12(14,15)16;1-7-10(6-17)18-11(16-7)8-2-4-9(5-3-8)12(13,14)15;;/h2-5H,6H2,1H3;2-5,17H,6H2,1H3;2*1H4. The van der Waals surface area contributed by atoms with Gasteiger partial charge in [0.2, 0.25) is 11.8 Å². The minimum atomic E-state index is -4.36. The van der Waals surface area contributed by atoms with Gasteiger partial charge < -0.3 is 13.9 Å². The molecule has 2 heterocycles. The molecule has 2 aromatic heterocycles. The number of alkyl halides is 7. The molecule has 0 saturated carbocycles. The zero-order valence-electron chi connectivity index (χ0n) is 18.8. The van der Waals surface area contributed by atoms with Crippen molar-refractivity contribution in [1.82, 2.24) is 9.97 Å². The summed E-state index contributed by atoms with van der Waals surface area (Å²) in [4.78, 5) is 8.20. The molecule has 0 spiro atoms. The van der Waals surface area contributed by atoms with Crippen LogP contribution in [0.4, 0.5) is 26.3 Å². The van der Waals surface area contributed by atoms with Crippen LogP contribution in [0.3, 0.4) is 0 Å². The van der Waals surface area contributed by atoms with Crippen molar-refractivity contribution in [2.75, 3.05) is 0 Å². The lowest BCUT2D eigenvalue weighted by Gasteiger charge is -2.06. The maximum atomic E-state index is 12.4. The predicted molar refractivity (Wildman–Crippen MR) is 135 cm³/mol. The van der Waals surface area contributed by atoms with Gasteiger partial charge in [-0.3, -0.25) is 0 Å². The van der Waals surface area contributed by atoms with Crippen LogP contribution in [0.2, 0.25) is 0 Å². The van der Waals surface area contributed by atoms with Gasteiger partial charge in [-0.2, -0.15) is 26.3 Å². The molecular weight excluding hydrogens is 582 g/mol. The molecule has 0 aliphatic rings. The van der Waals surface area contributed by atoms with Crippen molar-refractivity contribution in [1.29, 1.82) is 0 Å². The second-order valence-corrected chi connectivity index (χ2v) is 8.06. The molecule has 0 atom stereocenters. The molecule has 0 bridgehead atoms. The van der Waals surface area contributed by atoms with Gasteiger partial charge in [0.05, 0.1) is 27.8 Å². The van der Waals surface area contributed by atoms with Gasteiger partial charge in [0, 0.05) is 11.1 Å². The molecule has 208 valence electrons. The van der Waals surface area contributed by atoms with Crippen LogP contribution in [0.15, 0.2) is 57.4 Å². The molecule has 5 nitrogen and oxygen atoms in total. The largest absolute Gasteiger partial charge is 0.440 e. The van der Waals surface area contributed by atoms with E-state index in [9.17, 15) is 26.3 Å². The lowest BCUT2D eigenvalue weighted by molar-refractivity contribution is -0.138. The average Bonchev–Trinajstić information content (AvgIpc) is 3.40. The maximum Gasteiger partial charge on any atom is 0.416 e. The second kappa shape index (κ2) is 13.1. The van der Waals surface area contributed by atoms with Gasteiger partial charge in [0.25, 0.3) is 0 Å². The van der Waals surface area contributed by atoms with E-state index in [0.717, 1.165) is 30.0 Å². The highest BCUT2D eigenvalue weighted by Gasteiger charge is 2.31. The molecule has 12 heteroatoms. The summed E-state index contributed by atoms with van der Waals surface area (Å²) in [5.41, 5.74) is 0.797. The van der Waals surface area contributed by atoms with E-state index < -0.39 is 23.5 Å². The van der Waals surface area contributed by atoms with E-state index in [0.29, 0.717) is 39.6 Å². The van der Waals surface area contributed by atoms with Gasteiger partial charge in [0.15, 0.2) is 5.76 Å². The molecular formula is C26H27BrF6N2O3. The second-order valence-electron chi connectivity index (χ2n) is 7.50. The van der Waals surface area contributed by atoms with Crippen molar-refractivity contribution < 1.29 is 40.3 Å². The Morgan fingerprint density at radius 3 is 1.29 bits per heavy atom. The zero-order chi connectivity index (χ0) is 26.7. The minimum Gasteiger partial charge on any atom is -0.440 e. The topological polar surface area (TPSA) is 72.3 Å². The van der Waals surface area contributed by atoms with E-state index in [4.69, 9.17) is 13.9 Å². The summed E-state index contributed by atoms with van der Waals surface area (Å²) in [6.45, 7) is 3.15. The summed E-state index contributed by atoms with van der Waals surface area (Å²) in [6, 6.07) is 9.25. The molecule has 0 amide bonds. The molecule has 1 N–H and O–H groups in total. The Morgan fingerprint density at radius 2 is 1.03 bits per heavy atom. The third-order valence-corrected chi connectivity index (χ3v) is 5.48. The Balaban J connectivity index is 0.000000361. The lowest BCUT2D eigenvalue weighted by Crippen LogP contribution is -2.03. The molecule has 38 heavy (non-hydrogen) atoms. The molecule has 4 aromatic rings. The third-order valence-electron chi connectivity index (χ3n) is 4.97. The van der Waals surface area contributed by atoms with Crippen molar-refractivity contribution in [3.8, 4) is 22.9 Å². The average molecular weight is 609 g/mol. The number of rotatable bonds is 4. The summed E-state index contributed by atoms with van der Waals surface area (Å²) >= 11 is 3.25. The van der Waals surface area contributed by atoms with Gasteiger partial charge in [-0.25, -0.2) is 9.97 Å². The van der Waals surface area contributed by atoms with Crippen LogP contribution >= 0.6 is 15.9 Å². The molecule has 0 fully saturated rings. The summed E-state index contributed by atoms with van der Waals surface area (Å²) in [5, 5.41) is 9.47. The van der Waals surface area contributed by atoms with Crippen molar-refractivity contribution in [3.63, 3.8) is 0 Å². The number of aliphatic hydroxyl groups excluding tert-OH is 1. The molecule has 4 rings (SSSR count). The lowest BCUT2D eigenvalue weighted by atomic mass is 10.1. The van der Waals surface area contributed by atoms with Crippen LogP contribution in [0.1, 0.15) is 48.9 Å². The fraction of sp³-hybridized carbons (Fsp3) is 0.308. The molecule has 0 radical (unpaired) electrons. The fourth-order valence-corrected chi connectivity index (χ4v) is 3.50. The van der Waals surface area contributed by atoms with E-state index in [2.05, 4.69) is 25.9 Å². The van der Waals surface area contributed by atoms with E-state index in [-0.39, 0.29) is 27.4 Å². The number of benzene rings is 2. The molecule has 0 aliphatic heterocycles. The number of nitrogens with zero attached hydrogens (tertiary/aromatic N) is 2. The fourth-order valence-electron chi connectivity index (χ4n) is 2.98. The first-order valence-electron chi connectivity index (χ1n) is 10.3. The Kier molecular flexibility index (Phi) is 11.3. The number of aliphatic hydroxyl groups is 1. The monoisotopic (exact) mass is 608 g/mol. The van der Waals surface area contributed by atoms with Crippen molar-refractivity contribution in [2.45, 2.75) is 53.0 Å². The highest BCUT2D eigenvalue weighted by molar-refractivity contribution is 9.08. The quantitative estimate of drug-likeness (QED) is 0.185. The van der Waals surface area contributed by atoms with Gasteiger partial charge in [-0.05, 0) is 62.4 Å². The summed E-state index contributed by atoms with van der Waals surface area (Å²) in [7, 11) is 0. The molecule has 2 aromatic carbocycles. The number of hydrogen-bond acceptors (Lipinski definition) is 5. The summed E-state index contributed by atoms with van der Waals surface area (Å²) in [5.74, 6) is 1.51. The van der Waals surface area contributed by atoms with E-state index in [1.807, 2.05) is 0 Å². The van der Waals surface area contributed by atoms with Crippen molar-refractivity contribution >= 4 is 15.9 Å². The number of halogens is 7. The number of aryl methyl sites for hydroxylation is 2. The van der Waals surface area contributed by atoms with E-state index in [1.54, 1.807) is 13.8 Å². The van der Waals surface area contributed by atoms with Crippen LogP contribution in [0.25, 0.3) is 22.9 Å². The van der Waals surface area contributed by atoms with Gasteiger partial charge in [0.1, 0.15) is 12.4 Å². The summed E-state index contributed by atoms with van der Waals surface area (Å²) in [6.07, 6.45) is -8.69. The smallest absolute Gasteiger partial charge is 0.416 e. The first-order chi connectivity index (χ1) is 16.8. The van der Waals surface area contributed by atoms with Crippen LogP contribution in [0.5, 0.6) is 0 Å². The van der Waals surface area contributed by atoms with Crippen molar-refractivity contribution in [3.05, 3.63) is 82.6 Å². The van der Waals surface area contributed by atoms with Gasteiger partial charge in [-0.1, -0.05) is 30.8 Å². The minimum absolute atomic E-state index is 0. The Hall–Kier alpha value is -3.12. The van der Waals surface area contributed by atoms with E-state index in [1.165, 1.54) is 24.3 Å². The molecule has 0 aliphatic carbocycles. The SMILES string of the molecule is C.C.Cc1nc(-c2ccc(C(F)(F)F)cc2)oc1CBr.Cc1nc(-c2ccc(C(F)(F)F)cc2)oc1CO. The Labute approximate surface area is 224 Å².